The van der Waals surface area contributed by atoms with Gasteiger partial charge in [0.05, 0.1) is 24.5 Å². The van der Waals surface area contributed by atoms with E-state index in [1.165, 1.54) is 5.56 Å². The van der Waals surface area contributed by atoms with Crippen LogP contribution in [0, 0.1) is 12.8 Å². The van der Waals surface area contributed by atoms with Crippen molar-refractivity contribution in [3.8, 4) is 0 Å². The lowest BCUT2D eigenvalue weighted by Gasteiger charge is -2.22. The standard InChI is InChI=1S/C22H25N3O3.C2HF3O2/c1-15-4-6-16(7-5-15)11-20(26)25-14-18(21-19(25)8-10-28-21)22(27)24-13-17-3-2-9-23-12-17;3-2(4,5)1(6)7/h2-7,9,12,18-19,21H,8,10-11,13-14H2,1H3,(H,24,27);(H,6,7). The van der Waals surface area contributed by atoms with Crippen LogP contribution in [-0.4, -0.2) is 64.2 Å². The number of hydrogen-bond donors (Lipinski definition) is 2. The molecule has 3 unspecified atom stereocenters. The summed E-state index contributed by atoms with van der Waals surface area (Å²) >= 11 is 0. The molecule has 2 amide bonds. The highest BCUT2D eigenvalue weighted by Crippen LogP contribution is 2.34. The van der Waals surface area contributed by atoms with Gasteiger partial charge >= 0.3 is 12.1 Å². The molecule has 0 saturated carbocycles. The maximum absolute atomic E-state index is 12.9. The number of benzene rings is 1. The molecule has 2 N–H and O–H groups in total. The van der Waals surface area contributed by atoms with E-state index in [-0.39, 0.29) is 29.9 Å². The van der Waals surface area contributed by atoms with E-state index in [4.69, 9.17) is 14.6 Å². The number of aromatic nitrogens is 1. The number of carbonyl (C=O) groups excluding carboxylic acids is 2. The Morgan fingerprint density at radius 2 is 1.86 bits per heavy atom. The first-order valence-corrected chi connectivity index (χ1v) is 11.0. The molecule has 1 aromatic heterocycles. The first-order chi connectivity index (χ1) is 16.6. The number of pyridine rings is 1. The summed E-state index contributed by atoms with van der Waals surface area (Å²) in [6, 6.07) is 11.8. The molecule has 35 heavy (non-hydrogen) atoms. The smallest absolute Gasteiger partial charge is 0.475 e. The summed E-state index contributed by atoms with van der Waals surface area (Å²) in [5, 5.41) is 10.1. The van der Waals surface area contributed by atoms with Gasteiger partial charge in [0.1, 0.15) is 0 Å². The average molecular weight is 493 g/mol. The maximum atomic E-state index is 12.9. The summed E-state index contributed by atoms with van der Waals surface area (Å²) in [5.74, 6) is -3.09. The summed E-state index contributed by atoms with van der Waals surface area (Å²) in [4.78, 5) is 40.5. The van der Waals surface area contributed by atoms with Gasteiger partial charge in [-0.05, 0) is 30.5 Å². The second kappa shape index (κ2) is 11.3. The summed E-state index contributed by atoms with van der Waals surface area (Å²) in [7, 11) is 0. The first kappa shape index (κ1) is 26.1. The molecule has 188 valence electrons. The monoisotopic (exact) mass is 493 g/mol. The van der Waals surface area contributed by atoms with Crippen LogP contribution in [-0.2, 0) is 32.1 Å². The first-order valence-electron chi connectivity index (χ1n) is 11.0. The van der Waals surface area contributed by atoms with E-state index in [9.17, 15) is 22.8 Å². The normalized spacial score (nSPS) is 21.0. The fraction of sp³-hybridized carbons (Fsp3) is 0.417. The average Bonchev–Trinajstić information content (AvgIpc) is 3.42. The molecular weight excluding hydrogens is 467 g/mol. The number of hydrogen-bond acceptors (Lipinski definition) is 5. The largest absolute Gasteiger partial charge is 0.490 e. The maximum Gasteiger partial charge on any atom is 0.490 e. The van der Waals surface area contributed by atoms with Gasteiger partial charge in [0.15, 0.2) is 0 Å². The molecule has 0 aliphatic carbocycles. The molecule has 8 nitrogen and oxygen atoms in total. The van der Waals surface area contributed by atoms with Crippen molar-refractivity contribution in [2.24, 2.45) is 5.92 Å². The van der Waals surface area contributed by atoms with Crippen LogP contribution in [0.5, 0.6) is 0 Å². The van der Waals surface area contributed by atoms with Gasteiger partial charge in [-0.25, -0.2) is 4.79 Å². The Labute approximate surface area is 200 Å². The van der Waals surface area contributed by atoms with Crippen LogP contribution >= 0.6 is 0 Å². The Kier molecular flexibility index (Phi) is 8.44. The van der Waals surface area contributed by atoms with Gasteiger partial charge in [-0.1, -0.05) is 35.9 Å². The Balaban J connectivity index is 0.000000429. The minimum Gasteiger partial charge on any atom is -0.475 e. The third-order valence-corrected chi connectivity index (χ3v) is 5.86. The lowest BCUT2D eigenvalue weighted by Crippen LogP contribution is -2.38. The van der Waals surface area contributed by atoms with Gasteiger partial charge in [0.2, 0.25) is 11.8 Å². The summed E-state index contributed by atoms with van der Waals surface area (Å²) in [6.07, 6.45) is -0.710. The highest BCUT2D eigenvalue weighted by molar-refractivity contribution is 5.84. The predicted octanol–water partition coefficient (Wildman–Crippen LogP) is 2.50. The number of alkyl halides is 3. The van der Waals surface area contributed by atoms with Crippen molar-refractivity contribution in [3.05, 3.63) is 65.5 Å². The summed E-state index contributed by atoms with van der Waals surface area (Å²) in [6.45, 7) is 3.47. The molecule has 3 heterocycles. The molecule has 1 aromatic carbocycles. The van der Waals surface area contributed by atoms with Crippen LogP contribution < -0.4 is 5.32 Å². The molecule has 4 rings (SSSR count). The van der Waals surface area contributed by atoms with Gasteiger partial charge in [-0.3, -0.25) is 14.6 Å². The summed E-state index contributed by atoms with van der Waals surface area (Å²) < 4.78 is 37.6. The molecule has 2 saturated heterocycles. The number of carboxylic acids is 1. The van der Waals surface area contributed by atoms with Crippen molar-refractivity contribution in [3.63, 3.8) is 0 Å². The quantitative estimate of drug-likeness (QED) is 0.663. The highest BCUT2D eigenvalue weighted by Gasteiger charge is 2.50. The Hall–Kier alpha value is -3.47. The number of ether oxygens (including phenoxy) is 1. The number of likely N-dealkylation sites (tertiary alicyclic amines) is 1. The minimum absolute atomic E-state index is 0.00732. The third kappa shape index (κ3) is 7.01. The van der Waals surface area contributed by atoms with Gasteiger partial charge in [0.25, 0.3) is 0 Å². The number of carboxylic acid groups (broad SMARTS) is 1. The van der Waals surface area contributed by atoms with Gasteiger partial charge < -0.3 is 20.1 Å². The van der Waals surface area contributed by atoms with E-state index < -0.39 is 12.1 Å². The van der Waals surface area contributed by atoms with E-state index in [1.54, 1.807) is 12.4 Å². The molecular formula is C24H26F3N3O5. The van der Waals surface area contributed by atoms with Crippen molar-refractivity contribution in [2.45, 2.75) is 44.6 Å². The lowest BCUT2D eigenvalue weighted by molar-refractivity contribution is -0.192. The van der Waals surface area contributed by atoms with Crippen LogP contribution in [0.25, 0.3) is 0 Å². The van der Waals surface area contributed by atoms with Crippen molar-refractivity contribution in [2.75, 3.05) is 13.2 Å². The molecule has 2 aliphatic rings. The molecule has 2 aromatic rings. The van der Waals surface area contributed by atoms with Gasteiger partial charge in [-0.2, -0.15) is 13.2 Å². The molecule has 0 radical (unpaired) electrons. The van der Waals surface area contributed by atoms with Crippen molar-refractivity contribution >= 4 is 17.8 Å². The van der Waals surface area contributed by atoms with Crippen LogP contribution in [0.3, 0.4) is 0 Å². The predicted molar refractivity (Wildman–Crippen MR) is 118 cm³/mol. The Bertz CT molecular complexity index is 1030. The zero-order valence-corrected chi connectivity index (χ0v) is 19.0. The van der Waals surface area contributed by atoms with Crippen LogP contribution in [0.1, 0.15) is 23.1 Å². The number of nitrogens with one attached hydrogen (secondary N) is 1. The Morgan fingerprint density at radius 1 is 1.17 bits per heavy atom. The summed E-state index contributed by atoms with van der Waals surface area (Å²) in [5.41, 5.74) is 3.12. The van der Waals surface area contributed by atoms with Crippen molar-refractivity contribution in [1.82, 2.24) is 15.2 Å². The number of nitrogens with zero attached hydrogens (tertiary/aromatic N) is 2. The molecule has 3 atom stereocenters. The van der Waals surface area contributed by atoms with E-state index in [2.05, 4.69) is 10.3 Å². The number of aryl methyl sites for hydroxylation is 1. The topological polar surface area (TPSA) is 109 Å². The van der Waals surface area contributed by atoms with E-state index in [0.717, 1.165) is 17.5 Å². The third-order valence-electron chi connectivity index (χ3n) is 5.86. The van der Waals surface area contributed by atoms with Gasteiger partial charge in [-0.15, -0.1) is 0 Å². The van der Waals surface area contributed by atoms with Crippen molar-refractivity contribution in [1.29, 1.82) is 0 Å². The zero-order chi connectivity index (χ0) is 25.6. The molecule has 11 heteroatoms. The van der Waals surface area contributed by atoms with Crippen LogP contribution in [0.15, 0.2) is 48.8 Å². The second-order valence-corrected chi connectivity index (χ2v) is 8.39. The van der Waals surface area contributed by atoms with E-state index in [0.29, 0.717) is 26.1 Å². The number of amides is 2. The van der Waals surface area contributed by atoms with E-state index >= 15 is 0 Å². The zero-order valence-electron chi connectivity index (χ0n) is 19.0. The lowest BCUT2D eigenvalue weighted by atomic mass is 10.0. The number of carbonyl (C=O) groups is 3. The molecule has 2 aliphatic heterocycles. The van der Waals surface area contributed by atoms with Crippen LogP contribution in [0.4, 0.5) is 13.2 Å². The van der Waals surface area contributed by atoms with E-state index in [1.807, 2.05) is 48.2 Å². The number of fused-ring (bicyclic) bond motifs is 1. The second-order valence-electron chi connectivity index (χ2n) is 8.39. The minimum atomic E-state index is -5.08. The Morgan fingerprint density at radius 3 is 2.46 bits per heavy atom. The fourth-order valence-corrected chi connectivity index (χ4v) is 4.09. The number of halogens is 3. The van der Waals surface area contributed by atoms with Crippen molar-refractivity contribution < 1.29 is 37.4 Å². The molecule has 0 spiro atoms. The fourth-order valence-electron chi connectivity index (χ4n) is 4.09. The number of rotatable bonds is 5. The SMILES string of the molecule is Cc1ccc(CC(=O)N2CC(C(=O)NCc3cccnc3)C3OCCC32)cc1.O=C(O)C(F)(F)F. The number of aliphatic carboxylic acids is 1. The van der Waals surface area contributed by atoms with Crippen LogP contribution in [0.2, 0.25) is 0 Å². The molecule has 0 bridgehead atoms. The molecule has 2 fully saturated rings. The van der Waals surface area contributed by atoms with Gasteiger partial charge in [0, 0.05) is 32.1 Å². The highest BCUT2D eigenvalue weighted by atomic mass is 19.4.